The summed E-state index contributed by atoms with van der Waals surface area (Å²) < 4.78 is 0. The molecule has 1 fully saturated rings. The average molecular weight is 282 g/mol. The van der Waals surface area contributed by atoms with Gasteiger partial charge < -0.3 is 0 Å². The van der Waals surface area contributed by atoms with Crippen molar-refractivity contribution in [2.24, 2.45) is 11.8 Å². The first kappa shape index (κ1) is 16.9. The number of hydrogen-bond acceptors (Lipinski definition) is 3. The van der Waals surface area contributed by atoms with Crippen molar-refractivity contribution in [3.8, 4) is 6.07 Å². The minimum atomic E-state index is -0.245. The molecule has 0 aromatic heterocycles. The van der Waals surface area contributed by atoms with Gasteiger partial charge in [0.25, 0.3) is 0 Å². The van der Waals surface area contributed by atoms with Crippen molar-refractivity contribution >= 4 is 11.8 Å². The van der Waals surface area contributed by atoms with E-state index in [1.165, 1.54) is 37.2 Å². The van der Waals surface area contributed by atoms with Crippen LogP contribution in [0.4, 0.5) is 0 Å². The van der Waals surface area contributed by atoms with E-state index in [9.17, 15) is 5.26 Å². The number of nitrogens with one attached hydrogen (secondary N) is 1. The van der Waals surface area contributed by atoms with Crippen LogP contribution in [0.5, 0.6) is 0 Å². The molecule has 3 heteroatoms. The van der Waals surface area contributed by atoms with E-state index in [-0.39, 0.29) is 5.54 Å². The summed E-state index contributed by atoms with van der Waals surface area (Å²) in [5.41, 5.74) is -0.245. The highest BCUT2D eigenvalue weighted by atomic mass is 32.2. The lowest BCUT2D eigenvalue weighted by Gasteiger charge is -2.32. The zero-order valence-electron chi connectivity index (χ0n) is 13.0. The fourth-order valence-corrected chi connectivity index (χ4v) is 4.24. The van der Waals surface area contributed by atoms with Gasteiger partial charge in [-0.05, 0) is 56.5 Å². The molecule has 0 spiro atoms. The fraction of sp³-hybridized carbons (Fsp3) is 0.938. The van der Waals surface area contributed by atoms with E-state index in [1.807, 2.05) is 0 Å². The Morgan fingerprint density at radius 2 is 2.16 bits per heavy atom. The molecule has 0 aromatic rings. The number of rotatable bonds is 8. The van der Waals surface area contributed by atoms with Crippen molar-refractivity contribution in [2.75, 3.05) is 11.5 Å². The molecule has 1 saturated carbocycles. The molecule has 19 heavy (non-hydrogen) atoms. The maximum Gasteiger partial charge on any atom is 0.109 e. The minimum Gasteiger partial charge on any atom is -0.297 e. The molecular formula is C16H30N2S. The van der Waals surface area contributed by atoms with Crippen molar-refractivity contribution in [1.29, 1.82) is 5.26 Å². The topological polar surface area (TPSA) is 35.8 Å². The van der Waals surface area contributed by atoms with Gasteiger partial charge in [0.05, 0.1) is 6.07 Å². The lowest BCUT2D eigenvalue weighted by Crippen LogP contribution is -2.50. The van der Waals surface area contributed by atoms with Crippen LogP contribution in [0.1, 0.15) is 59.8 Å². The Morgan fingerprint density at radius 1 is 1.42 bits per heavy atom. The van der Waals surface area contributed by atoms with Crippen LogP contribution in [-0.4, -0.2) is 23.1 Å². The number of nitriles is 1. The van der Waals surface area contributed by atoms with Gasteiger partial charge in [0, 0.05) is 6.04 Å². The highest BCUT2D eigenvalue weighted by molar-refractivity contribution is 7.99. The molecule has 0 radical (unpaired) electrons. The summed E-state index contributed by atoms with van der Waals surface area (Å²) in [5, 5.41) is 13.1. The summed E-state index contributed by atoms with van der Waals surface area (Å²) in [6, 6.07) is 3.00. The average Bonchev–Trinajstić information content (AvgIpc) is 2.77. The molecule has 1 N–H and O–H groups in total. The Hall–Kier alpha value is -0.200. The molecule has 110 valence electrons. The van der Waals surface area contributed by atoms with Crippen molar-refractivity contribution in [2.45, 2.75) is 71.4 Å². The molecular weight excluding hydrogens is 252 g/mol. The zero-order valence-corrected chi connectivity index (χ0v) is 13.9. The van der Waals surface area contributed by atoms with Gasteiger partial charge in [-0.2, -0.15) is 17.0 Å². The molecule has 0 heterocycles. The van der Waals surface area contributed by atoms with Crippen LogP contribution in [-0.2, 0) is 0 Å². The first-order valence-electron chi connectivity index (χ1n) is 7.80. The Bertz CT molecular complexity index is 298. The molecule has 0 aromatic carbocycles. The lowest BCUT2D eigenvalue weighted by molar-refractivity contribution is 0.289. The van der Waals surface area contributed by atoms with Gasteiger partial charge in [-0.25, -0.2) is 0 Å². The first-order chi connectivity index (χ1) is 9.04. The molecule has 1 aliphatic rings. The van der Waals surface area contributed by atoms with Crippen molar-refractivity contribution in [1.82, 2.24) is 5.32 Å². The molecule has 0 saturated heterocycles. The van der Waals surface area contributed by atoms with Crippen molar-refractivity contribution < 1.29 is 0 Å². The van der Waals surface area contributed by atoms with Crippen LogP contribution < -0.4 is 5.32 Å². The largest absolute Gasteiger partial charge is 0.297 e. The van der Waals surface area contributed by atoms with E-state index < -0.39 is 0 Å². The number of nitrogens with zero attached hydrogens (tertiary/aromatic N) is 1. The highest BCUT2D eigenvalue weighted by Crippen LogP contribution is 2.38. The molecule has 0 aliphatic heterocycles. The summed E-state index contributed by atoms with van der Waals surface area (Å²) in [7, 11) is 0. The second-order valence-electron chi connectivity index (χ2n) is 6.35. The molecule has 2 nitrogen and oxygen atoms in total. The summed E-state index contributed by atoms with van der Waals surface area (Å²) in [6.45, 7) is 8.87. The van der Waals surface area contributed by atoms with E-state index in [0.717, 1.165) is 12.3 Å². The smallest absolute Gasteiger partial charge is 0.109 e. The van der Waals surface area contributed by atoms with Crippen LogP contribution in [0.25, 0.3) is 0 Å². The van der Waals surface area contributed by atoms with Crippen molar-refractivity contribution in [3.63, 3.8) is 0 Å². The summed E-state index contributed by atoms with van der Waals surface area (Å²) in [5.74, 6) is 3.84. The van der Waals surface area contributed by atoms with Gasteiger partial charge in [-0.15, -0.1) is 0 Å². The predicted octanol–water partition coefficient (Wildman–Crippen LogP) is 4.22. The standard InChI is InChI=1S/C16H30N2S/c1-5-14(4)11-19-10-8-15-7-6-9-16(15,12-17)18-13(2)3/h13-15,18H,5-11H2,1-4H3. The Morgan fingerprint density at radius 3 is 2.74 bits per heavy atom. The maximum absolute atomic E-state index is 9.60. The molecule has 3 atom stereocenters. The van der Waals surface area contributed by atoms with Gasteiger partial charge in [-0.1, -0.05) is 26.7 Å². The number of thioether (sulfide) groups is 1. The normalized spacial score (nSPS) is 28.5. The van der Waals surface area contributed by atoms with Crippen LogP contribution in [0.3, 0.4) is 0 Å². The van der Waals surface area contributed by atoms with Gasteiger partial charge in [0.1, 0.15) is 5.54 Å². The quantitative estimate of drug-likeness (QED) is 0.677. The van der Waals surface area contributed by atoms with Crippen LogP contribution >= 0.6 is 11.8 Å². The van der Waals surface area contributed by atoms with Gasteiger partial charge in [-0.3, -0.25) is 5.32 Å². The Labute approximate surface area is 123 Å². The fourth-order valence-electron chi connectivity index (χ4n) is 2.98. The highest BCUT2D eigenvalue weighted by Gasteiger charge is 2.42. The Balaban J connectivity index is 2.41. The zero-order chi connectivity index (χ0) is 14.3. The Kier molecular flexibility index (Phi) is 7.25. The third-order valence-electron chi connectivity index (χ3n) is 4.28. The van der Waals surface area contributed by atoms with Gasteiger partial charge in [0.15, 0.2) is 0 Å². The number of hydrogen-bond donors (Lipinski definition) is 1. The maximum atomic E-state index is 9.60. The van der Waals surface area contributed by atoms with E-state index in [0.29, 0.717) is 12.0 Å². The molecule has 3 unspecified atom stereocenters. The van der Waals surface area contributed by atoms with E-state index in [1.54, 1.807) is 0 Å². The summed E-state index contributed by atoms with van der Waals surface area (Å²) in [6.07, 6.45) is 5.91. The third-order valence-corrected chi connectivity index (χ3v) is 5.61. The second-order valence-corrected chi connectivity index (χ2v) is 7.50. The van der Waals surface area contributed by atoms with Crippen molar-refractivity contribution in [3.05, 3.63) is 0 Å². The van der Waals surface area contributed by atoms with E-state index in [2.05, 4.69) is 50.8 Å². The predicted molar refractivity (Wildman–Crippen MR) is 85.4 cm³/mol. The van der Waals surface area contributed by atoms with E-state index >= 15 is 0 Å². The second kappa shape index (κ2) is 8.17. The molecule has 1 rings (SSSR count). The molecule has 1 aliphatic carbocycles. The molecule has 0 amide bonds. The van der Waals surface area contributed by atoms with E-state index in [4.69, 9.17) is 0 Å². The van der Waals surface area contributed by atoms with Crippen LogP contribution in [0.15, 0.2) is 0 Å². The lowest BCUT2D eigenvalue weighted by atomic mass is 9.86. The summed E-state index contributed by atoms with van der Waals surface area (Å²) >= 11 is 2.07. The third kappa shape index (κ3) is 5.00. The SMILES string of the molecule is CCC(C)CSCCC1CCCC1(C#N)NC(C)C. The minimum absolute atomic E-state index is 0.245. The van der Waals surface area contributed by atoms with Crippen LogP contribution in [0.2, 0.25) is 0 Å². The first-order valence-corrected chi connectivity index (χ1v) is 8.96. The molecule has 0 bridgehead atoms. The van der Waals surface area contributed by atoms with Gasteiger partial charge in [0.2, 0.25) is 0 Å². The van der Waals surface area contributed by atoms with Crippen LogP contribution in [0, 0.1) is 23.2 Å². The van der Waals surface area contributed by atoms with Gasteiger partial charge >= 0.3 is 0 Å². The summed E-state index contributed by atoms with van der Waals surface area (Å²) in [4.78, 5) is 0. The monoisotopic (exact) mass is 282 g/mol.